The second-order valence-corrected chi connectivity index (χ2v) is 6.99. The summed E-state index contributed by atoms with van der Waals surface area (Å²) in [5, 5.41) is 2.88. The number of amides is 2. The van der Waals surface area contributed by atoms with Crippen molar-refractivity contribution in [1.29, 1.82) is 0 Å². The molecular weight excluding hydrogens is 304 g/mol. The van der Waals surface area contributed by atoms with Crippen molar-refractivity contribution in [2.24, 2.45) is 5.73 Å². The summed E-state index contributed by atoms with van der Waals surface area (Å²) < 4.78 is 0. The van der Waals surface area contributed by atoms with Crippen LogP contribution in [0.25, 0.3) is 0 Å². The van der Waals surface area contributed by atoms with Crippen LogP contribution in [0.2, 0.25) is 0 Å². The second-order valence-electron chi connectivity index (χ2n) is 6.99. The molecule has 1 aromatic rings. The molecule has 0 spiro atoms. The lowest BCUT2D eigenvalue weighted by molar-refractivity contribution is -0.121. The molecule has 3 rings (SSSR count). The molecule has 2 fully saturated rings. The molecule has 1 aromatic carbocycles. The van der Waals surface area contributed by atoms with E-state index in [0.717, 1.165) is 51.9 Å². The van der Waals surface area contributed by atoms with Crippen molar-refractivity contribution in [3.05, 3.63) is 29.8 Å². The van der Waals surface area contributed by atoms with Crippen LogP contribution in [0.4, 0.5) is 5.69 Å². The molecule has 6 nitrogen and oxygen atoms in total. The van der Waals surface area contributed by atoms with Gasteiger partial charge in [-0.15, -0.1) is 0 Å². The summed E-state index contributed by atoms with van der Waals surface area (Å²) in [4.78, 5) is 28.9. The SMILES string of the molecule is CN1CCN(C(=O)c2ccc(NC(=O)C3(N)CCCC3)cc2)CC1. The topological polar surface area (TPSA) is 78.7 Å². The van der Waals surface area contributed by atoms with E-state index in [1.54, 1.807) is 24.3 Å². The number of nitrogens with one attached hydrogen (secondary N) is 1. The molecule has 0 unspecified atom stereocenters. The fourth-order valence-electron chi connectivity index (χ4n) is 3.38. The first-order valence-electron chi connectivity index (χ1n) is 8.66. The van der Waals surface area contributed by atoms with Gasteiger partial charge in [-0.2, -0.15) is 0 Å². The number of piperazine rings is 1. The Morgan fingerprint density at radius 1 is 1.04 bits per heavy atom. The maximum absolute atomic E-state index is 12.5. The van der Waals surface area contributed by atoms with Gasteiger partial charge in [0.05, 0.1) is 5.54 Å². The number of benzene rings is 1. The number of nitrogens with two attached hydrogens (primary N) is 1. The number of hydrogen-bond acceptors (Lipinski definition) is 4. The van der Waals surface area contributed by atoms with E-state index in [1.807, 2.05) is 4.90 Å². The van der Waals surface area contributed by atoms with Crippen molar-refractivity contribution < 1.29 is 9.59 Å². The van der Waals surface area contributed by atoms with Crippen LogP contribution in [0.1, 0.15) is 36.0 Å². The zero-order chi connectivity index (χ0) is 17.2. The zero-order valence-electron chi connectivity index (χ0n) is 14.3. The average Bonchev–Trinajstić information content (AvgIpc) is 3.04. The van der Waals surface area contributed by atoms with Crippen LogP contribution in [0.5, 0.6) is 0 Å². The van der Waals surface area contributed by atoms with Crippen LogP contribution in [0.3, 0.4) is 0 Å². The van der Waals surface area contributed by atoms with Crippen molar-refractivity contribution in [2.75, 3.05) is 38.5 Å². The molecule has 130 valence electrons. The van der Waals surface area contributed by atoms with Crippen LogP contribution < -0.4 is 11.1 Å². The Morgan fingerprint density at radius 3 is 2.21 bits per heavy atom. The van der Waals surface area contributed by atoms with Gasteiger partial charge in [0, 0.05) is 37.4 Å². The Labute approximate surface area is 143 Å². The fraction of sp³-hybridized carbons (Fsp3) is 0.556. The molecule has 1 aliphatic heterocycles. The Bertz CT molecular complexity index is 600. The minimum absolute atomic E-state index is 0.0482. The Hall–Kier alpha value is -1.92. The number of hydrogen-bond donors (Lipinski definition) is 2. The van der Waals surface area contributed by atoms with Crippen molar-refractivity contribution in [3.63, 3.8) is 0 Å². The van der Waals surface area contributed by atoms with Gasteiger partial charge in [0.2, 0.25) is 5.91 Å². The third-order valence-electron chi connectivity index (χ3n) is 5.13. The van der Waals surface area contributed by atoms with E-state index >= 15 is 0 Å². The van der Waals surface area contributed by atoms with Gasteiger partial charge in [-0.1, -0.05) is 12.8 Å². The number of likely N-dealkylation sites (N-methyl/N-ethyl adjacent to an activating group) is 1. The van der Waals surface area contributed by atoms with Crippen LogP contribution in [0, 0.1) is 0 Å². The molecule has 2 aliphatic rings. The Kier molecular flexibility index (Phi) is 4.87. The summed E-state index contributed by atoms with van der Waals surface area (Å²) >= 11 is 0. The summed E-state index contributed by atoms with van der Waals surface area (Å²) in [7, 11) is 2.06. The summed E-state index contributed by atoms with van der Waals surface area (Å²) in [6.07, 6.45) is 3.47. The van der Waals surface area contributed by atoms with Gasteiger partial charge in [-0.3, -0.25) is 9.59 Å². The molecule has 2 amide bonds. The van der Waals surface area contributed by atoms with Crippen LogP contribution >= 0.6 is 0 Å². The monoisotopic (exact) mass is 330 g/mol. The van der Waals surface area contributed by atoms with Gasteiger partial charge in [0.15, 0.2) is 0 Å². The van der Waals surface area contributed by atoms with E-state index in [1.165, 1.54) is 0 Å². The van der Waals surface area contributed by atoms with E-state index in [-0.39, 0.29) is 11.8 Å². The first-order chi connectivity index (χ1) is 11.5. The molecule has 1 aliphatic carbocycles. The molecule has 6 heteroatoms. The van der Waals surface area contributed by atoms with Crippen molar-refractivity contribution in [1.82, 2.24) is 9.80 Å². The van der Waals surface area contributed by atoms with Gasteiger partial charge in [-0.05, 0) is 44.2 Å². The quantitative estimate of drug-likeness (QED) is 0.875. The minimum Gasteiger partial charge on any atom is -0.336 e. The van der Waals surface area contributed by atoms with Crippen LogP contribution in [-0.2, 0) is 4.79 Å². The Balaban J connectivity index is 1.61. The highest BCUT2D eigenvalue weighted by Crippen LogP contribution is 2.28. The number of anilines is 1. The standard InChI is InChI=1S/C18H26N4O2/c1-21-10-12-22(13-11-21)16(23)14-4-6-15(7-5-14)20-17(24)18(19)8-2-3-9-18/h4-7H,2-3,8-13,19H2,1H3,(H,20,24). The lowest BCUT2D eigenvalue weighted by Gasteiger charge is -2.32. The van der Waals surface area contributed by atoms with Crippen LogP contribution in [0.15, 0.2) is 24.3 Å². The van der Waals surface area contributed by atoms with E-state index in [0.29, 0.717) is 11.3 Å². The first kappa shape index (κ1) is 16.9. The molecule has 1 saturated carbocycles. The van der Waals surface area contributed by atoms with Gasteiger partial charge in [0.25, 0.3) is 5.91 Å². The third-order valence-corrected chi connectivity index (χ3v) is 5.13. The fourth-order valence-corrected chi connectivity index (χ4v) is 3.38. The number of nitrogens with zero attached hydrogens (tertiary/aromatic N) is 2. The minimum atomic E-state index is -0.742. The van der Waals surface area contributed by atoms with Gasteiger partial charge in [0.1, 0.15) is 0 Å². The van der Waals surface area contributed by atoms with Crippen molar-refractivity contribution in [3.8, 4) is 0 Å². The highest BCUT2D eigenvalue weighted by atomic mass is 16.2. The van der Waals surface area contributed by atoms with E-state index in [4.69, 9.17) is 5.73 Å². The van der Waals surface area contributed by atoms with E-state index in [9.17, 15) is 9.59 Å². The third kappa shape index (κ3) is 3.60. The average molecular weight is 330 g/mol. The number of carbonyl (C=O) groups excluding carboxylic acids is 2. The molecule has 0 aromatic heterocycles. The molecule has 0 atom stereocenters. The van der Waals surface area contributed by atoms with E-state index in [2.05, 4.69) is 17.3 Å². The molecule has 0 radical (unpaired) electrons. The number of rotatable bonds is 3. The summed E-state index contributed by atoms with van der Waals surface area (Å²) in [5.41, 5.74) is 6.76. The second kappa shape index (κ2) is 6.91. The zero-order valence-corrected chi connectivity index (χ0v) is 14.3. The molecule has 1 heterocycles. The molecule has 0 bridgehead atoms. The number of carbonyl (C=O) groups is 2. The maximum Gasteiger partial charge on any atom is 0.253 e. The van der Waals surface area contributed by atoms with Crippen molar-refractivity contribution >= 4 is 17.5 Å². The lowest BCUT2D eigenvalue weighted by Crippen LogP contribution is -2.48. The van der Waals surface area contributed by atoms with Crippen molar-refractivity contribution in [2.45, 2.75) is 31.2 Å². The van der Waals surface area contributed by atoms with Gasteiger partial charge < -0.3 is 20.9 Å². The van der Waals surface area contributed by atoms with E-state index < -0.39 is 5.54 Å². The Morgan fingerprint density at radius 2 is 1.62 bits per heavy atom. The van der Waals surface area contributed by atoms with Gasteiger partial charge >= 0.3 is 0 Å². The highest BCUT2D eigenvalue weighted by molar-refractivity contribution is 5.99. The van der Waals surface area contributed by atoms with Crippen LogP contribution in [-0.4, -0.2) is 60.4 Å². The summed E-state index contributed by atoms with van der Waals surface area (Å²) in [6.45, 7) is 3.31. The maximum atomic E-state index is 12.5. The molecule has 24 heavy (non-hydrogen) atoms. The highest BCUT2D eigenvalue weighted by Gasteiger charge is 2.36. The summed E-state index contributed by atoms with van der Waals surface area (Å²) in [5.74, 6) is -0.0785. The normalized spacial score (nSPS) is 20.8. The predicted molar refractivity (Wildman–Crippen MR) is 93.9 cm³/mol. The lowest BCUT2D eigenvalue weighted by atomic mass is 9.98. The smallest absolute Gasteiger partial charge is 0.253 e. The molecule has 1 saturated heterocycles. The predicted octanol–water partition coefficient (Wildman–Crippen LogP) is 1.28. The van der Waals surface area contributed by atoms with Gasteiger partial charge in [-0.25, -0.2) is 0 Å². The summed E-state index contributed by atoms with van der Waals surface area (Å²) in [6, 6.07) is 7.10. The molecule has 3 N–H and O–H groups in total. The largest absolute Gasteiger partial charge is 0.336 e. The molecular formula is C18H26N4O2. The first-order valence-corrected chi connectivity index (χ1v) is 8.66.